The van der Waals surface area contributed by atoms with Gasteiger partial charge in [-0.25, -0.2) is 4.57 Å². The Morgan fingerprint density at radius 2 is 0.627 bits per heavy atom. The molecule has 9 nitrogen and oxygen atoms in total. The molecule has 0 aromatic rings. The fourth-order valence-corrected chi connectivity index (χ4v) is 11.8. The van der Waals surface area contributed by atoms with Gasteiger partial charge in [0.2, 0.25) is 0 Å². The number of allylic oxidation sites excluding steroid dienone is 6. The smallest absolute Gasteiger partial charge is 0.462 e. The molecule has 0 saturated carbocycles. The first-order chi connectivity index (χ1) is 40.8. The molecule has 0 aliphatic carbocycles. The van der Waals surface area contributed by atoms with Crippen molar-refractivity contribution in [2.45, 2.75) is 392 Å². The van der Waals surface area contributed by atoms with Gasteiger partial charge in [0, 0.05) is 19.4 Å². The van der Waals surface area contributed by atoms with Gasteiger partial charge in [-0.2, -0.15) is 0 Å². The molecule has 0 aliphatic heterocycles. The Bertz CT molecular complexity index is 1450. The van der Waals surface area contributed by atoms with Crippen molar-refractivity contribution in [3.63, 3.8) is 0 Å². The Morgan fingerprint density at radius 3 is 0.928 bits per heavy atom. The topological polar surface area (TPSA) is 134 Å². The van der Waals surface area contributed by atoms with E-state index in [4.69, 9.17) is 24.3 Å². The number of nitrogens with two attached hydrogens (primary N) is 1. The zero-order valence-electron chi connectivity index (χ0n) is 55.2. The van der Waals surface area contributed by atoms with Crippen molar-refractivity contribution >= 4 is 19.8 Å². The minimum atomic E-state index is -4.39. The third-order valence-corrected chi connectivity index (χ3v) is 17.5. The van der Waals surface area contributed by atoms with E-state index in [1.54, 1.807) is 0 Å². The Kier molecular flexibility index (Phi) is 67.9. The van der Waals surface area contributed by atoms with Crippen molar-refractivity contribution in [2.24, 2.45) is 5.73 Å². The Hall–Kier alpha value is -1.77. The maximum atomic E-state index is 12.8. The van der Waals surface area contributed by atoms with Crippen LogP contribution < -0.4 is 5.73 Å². The number of phosphoric acid groups is 1. The zero-order valence-corrected chi connectivity index (χ0v) is 56.1. The van der Waals surface area contributed by atoms with Crippen LogP contribution in [0.4, 0.5) is 0 Å². The lowest BCUT2D eigenvalue weighted by molar-refractivity contribution is -0.161. The summed E-state index contributed by atoms with van der Waals surface area (Å²) in [6.07, 6.45) is 86.9. The van der Waals surface area contributed by atoms with Crippen molar-refractivity contribution < 1.29 is 37.6 Å². The minimum absolute atomic E-state index is 0.0554. The summed E-state index contributed by atoms with van der Waals surface area (Å²) in [5, 5.41) is 0. The van der Waals surface area contributed by atoms with E-state index < -0.39 is 26.5 Å². The summed E-state index contributed by atoms with van der Waals surface area (Å²) in [5.41, 5.74) is 5.40. The maximum Gasteiger partial charge on any atom is 0.472 e. The van der Waals surface area contributed by atoms with Gasteiger partial charge >= 0.3 is 19.8 Å². The summed E-state index contributed by atoms with van der Waals surface area (Å²) in [4.78, 5) is 35.4. The molecule has 0 heterocycles. The van der Waals surface area contributed by atoms with Gasteiger partial charge in [-0.15, -0.1) is 0 Å². The predicted molar refractivity (Wildman–Crippen MR) is 358 cm³/mol. The highest BCUT2D eigenvalue weighted by molar-refractivity contribution is 7.47. The first-order valence-corrected chi connectivity index (χ1v) is 38.0. The summed E-state index contributed by atoms with van der Waals surface area (Å²) < 4.78 is 33.2. The monoisotopic (exact) mass is 1190 g/mol. The first-order valence-electron chi connectivity index (χ1n) is 36.5. The number of carbonyl (C=O) groups is 2. The van der Waals surface area contributed by atoms with E-state index in [2.05, 4.69) is 50.3 Å². The predicted octanol–water partition coefficient (Wildman–Crippen LogP) is 23.9. The summed E-state index contributed by atoms with van der Waals surface area (Å²) in [6.45, 7) is 3.80. The van der Waals surface area contributed by atoms with Crippen LogP contribution in [0.1, 0.15) is 386 Å². The molecule has 0 radical (unpaired) electrons. The van der Waals surface area contributed by atoms with Crippen molar-refractivity contribution in [1.82, 2.24) is 0 Å². The molecule has 10 heteroatoms. The van der Waals surface area contributed by atoms with Crippen LogP contribution in [0.15, 0.2) is 36.5 Å². The molecule has 0 spiro atoms. The van der Waals surface area contributed by atoms with Crippen LogP contribution in [0.5, 0.6) is 0 Å². The van der Waals surface area contributed by atoms with Crippen LogP contribution in [-0.2, 0) is 32.7 Å². The lowest BCUT2D eigenvalue weighted by Crippen LogP contribution is -2.29. The van der Waals surface area contributed by atoms with Crippen LogP contribution >= 0.6 is 7.82 Å². The van der Waals surface area contributed by atoms with Crippen molar-refractivity contribution in [2.75, 3.05) is 26.4 Å². The van der Waals surface area contributed by atoms with Crippen LogP contribution in [0.25, 0.3) is 0 Å². The number of hydrogen-bond acceptors (Lipinski definition) is 8. The number of carbonyl (C=O) groups excluding carboxylic acids is 2. The third-order valence-electron chi connectivity index (χ3n) is 16.5. The van der Waals surface area contributed by atoms with Crippen LogP contribution in [-0.4, -0.2) is 49.3 Å². The summed E-state index contributed by atoms with van der Waals surface area (Å²) in [5.74, 6) is -0.807. The second kappa shape index (κ2) is 69.3. The van der Waals surface area contributed by atoms with Crippen molar-refractivity contribution in [3.05, 3.63) is 36.5 Å². The molecular formula is C73H140NO8P. The second-order valence-corrected chi connectivity index (χ2v) is 26.3. The molecule has 0 bridgehead atoms. The van der Waals surface area contributed by atoms with Gasteiger partial charge in [-0.05, 0) is 70.6 Å². The number of phosphoric ester groups is 1. The molecule has 0 fully saturated rings. The lowest BCUT2D eigenvalue weighted by Gasteiger charge is -2.19. The quantitative estimate of drug-likeness (QED) is 0.0264. The SMILES string of the molecule is CCCCCCC/C=C\C/C=C\CCCCCCCCCCCCCCCC(=O)OC(COC(=O)CCCCCCCCCCCCCCCCCCCCCCCCCCC/C=C\CCCCCCCCCC)COP(=O)(O)OCCN. The van der Waals surface area contributed by atoms with Gasteiger partial charge in [-0.1, -0.05) is 339 Å². The average Bonchev–Trinajstić information content (AvgIpc) is 3.49. The van der Waals surface area contributed by atoms with Crippen LogP contribution in [0.3, 0.4) is 0 Å². The van der Waals surface area contributed by atoms with Crippen LogP contribution in [0, 0.1) is 0 Å². The molecule has 0 amide bonds. The molecule has 83 heavy (non-hydrogen) atoms. The van der Waals surface area contributed by atoms with Crippen molar-refractivity contribution in [1.29, 1.82) is 0 Å². The standard InChI is InChI=1S/C73H140NO8P/c1-3-5-7-9-11-13-15-17-19-21-23-25-27-29-30-31-32-33-34-35-36-37-38-39-40-42-43-45-47-49-51-53-55-57-59-61-63-65-72(75)79-69-71(70-81-83(77,78)80-68-67-74)82-73(76)66-64-62-60-58-56-54-52-50-48-46-44-41-28-26-24-22-20-18-16-14-12-10-8-6-4-2/h16,18,21-24,71H,3-15,17,19-20,25-70,74H2,1-2H3,(H,77,78)/b18-16-,23-21-,24-22-. The van der Waals surface area contributed by atoms with Gasteiger partial charge in [0.25, 0.3) is 0 Å². The molecule has 0 aliphatic rings. The molecular weight excluding hydrogens is 1050 g/mol. The van der Waals surface area contributed by atoms with Gasteiger partial charge in [0.15, 0.2) is 6.10 Å². The van der Waals surface area contributed by atoms with Crippen LogP contribution in [0.2, 0.25) is 0 Å². The van der Waals surface area contributed by atoms with Gasteiger partial charge in [-0.3, -0.25) is 18.6 Å². The average molecular weight is 1190 g/mol. The normalized spacial score (nSPS) is 13.1. The fourth-order valence-electron chi connectivity index (χ4n) is 11.1. The number of rotatable bonds is 70. The molecule has 2 unspecified atom stereocenters. The minimum Gasteiger partial charge on any atom is -0.462 e. The molecule has 0 aromatic heterocycles. The summed E-state index contributed by atoms with van der Waals surface area (Å²) in [7, 11) is -4.39. The van der Waals surface area contributed by atoms with E-state index in [1.807, 2.05) is 0 Å². The fraction of sp³-hybridized carbons (Fsp3) is 0.890. The number of esters is 2. The van der Waals surface area contributed by atoms with E-state index >= 15 is 0 Å². The van der Waals surface area contributed by atoms with E-state index in [9.17, 15) is 19.0 Å². The number of ether oxygens (including phenoxy) is 2. The number of unbranched alkanes of at least 4 members (excludes halogenated alkanes) is 51. The summed E-state index contributed by atoms with van der Waals surface area (Å²) in [6, 6.07) is 0. The maximum absolute atomic E-state index is 12.8. The highest BCUT2D eigenvalue weighted by Crippen LogP contribution is 2.43. The van der Waals surface area contributed by atoms with Gasteiger partial charge in [0.05, 0.1) is 13.2 Å². The molecule has 3 N–H and O–H groups in total. The Labute approximate surface area is 515 Å². The van der Waals surface area contributed by atoms with Gasteiger partial charge < -0.3 is 20.1 Å². The largest absolute Gasteiger partial charge is 0.472 e. The lowest BCUT2D eigenvalue weighted by atomic mass is 10.0. The first kappa shape index (κ1) is 81.2. The molecule has 2 atom stereocenters. The zero-order chi connectivity index (χ0) is 60.1. The molecule has 0 aromatic carbocycles. The molecule has 0 saturated heterocycles. The third kappa shape index (κ3) is 69.2. The second-order valence-electron chi connectivity index (χ2n) is 24.8. The summed E-state index contributed by atoms with van der Waals surface area (Å²) >= 11 is 0. The van der Waals surface area contributed by atoms with E-state index in [-0.39, 0.29) is 38.6 Å². The van der Waals surface area contributed by atoms with E-state index in [1.165, 1.54) is 308 Å². The van der Waals surface area contributed by atoms with E-state index in [0.29, 0.717) is 6.42 Å². The molecule has 0 rings (SSSR count). The Balaban J connectivity index is 3.77. The highest BCUT2D eigenvalue weighted by Gasteiger charge is 2.26. The van der Waals surface area contributed by atoms with Crippen molar-refractivity contribution in [3.8, 4) is 0 Å². The molecule has 490 valence electrons. The van der Waals surface area contributed by atoms with E-state index in [0.717, 1.165) is 44.9 Å². The number of hydrogen-bond donors (Lipinski definition) is 2. The highest BCUT2D eigenvalue weighted by atomic mass is 31.2. The Morgan fingerprint density at radius 1 is 0.361 bits per heavy atom. The van der Waals surface area contributed by atoms with Gasteiger partial charge in [0.1, 0.15) is 6.61 Å².